The molecule has 2 aromatic carbocycles. The summed E-state index contributed by atoms with van der Waals surface area (Å²) in [6.45, 7) is 4.55. The zero-order valence-electron chi connectivity index (χ0n) is 16.0. The number of carbonyl (C=O) groups is 1. The Hall–Kier alpha value is -3.35. The summed E-state index contributed by atoms with van der Waals surface area (Å²) in [6.07, 6.45) is 0. The van der Waals surface area contributed by atoms with Crippen molar-refractivity contribution in [2.75, 3.05) is 13.7 Å². The summed E-state index contributed by atoms with van der Waals surface area (Å²) in [4.78, 5) is 12.3. The first kappa shape index (κ1) is 19.4. The van der Waals surface area contributed by atoms with Crippen LogP contribution in [0.5, 0.6) is 11.5 Å². The molecule has 0 spiro atoms. The van der Waals surface area contributed by atoms with Crippen LogP contribution in [0.3, 0.4) is 0 Å². The van der Waals surface area contributed by atoms with Crippen LogP contribution in [0.2, 0.25) is 0 Å². The lowest BCUT2D eigenvalue weighted by molar-refractivity contribution is 0.0438. The van der Waals surface area contributed by atoms with Crippen molar-refractivity contribution in [2.45, 2.75) is 20.5 Å². The number of hydrogen-bond donors (Lipinski definition) is 0. The Morgan fingerprint density at radius 2 is 1.86 bits per heavy atom. The number of rotatable bonds is 8. The summed E-state index contributed by atoms with van der Waals surface area (Å²) in [6, 6.07) is 14.3. The summed E-state index contributed by atoms with van der Waals surface area (Å²) >= 11 is 0. The first-order valence-electron chi connectivity index (χ1n) is 8.92. The number of nitrogens with zero attached hydrogens (tertiary/aromatic N) is 2. The standard InChI is InChI=1S/C21H22N2O5/c1-14(2)12-26-17-10-9-16(11-18(17)25-3)21(24)27-13-19-22-23-20(28-19)15-7-5-4-6-8-15/h4-11,14H,12-13H2,1-3H3. The van der Waals surface area contributed by atoms with E-state index in [-0.39, 0.29) is 12.5 Å². The first-order valence-corrected chi connectivity index (χ1v) is 8.92. The van der Waals surface area contributed by atoms with Crippen LogP contribution in [0.15, 0.2) is 52.9 Å². The highest BCUT2D eigenvalue weighted by Gasteiger charge is 2.15. The molecule has 0 unspecified atom stereocenters. The van der Waals surface area contributed by atoms with Gasteiger partial charge in [-0.25, -0.2) is 4.79 Å². The quantitative estimate of drug-likeness (QED) is 0.541. The average Bonchev–Trinajstić information content (AvgIpc) is 3.20. The Morgan fingerprint density at radius 3 is 2.57 bits per heavy atom. The van der Waals surface area contributed by atoms with E-state index in [1.807, 2.05) is 30.3 Å². The van der Waals surface area contributed by atoms with E-state index in [9.17, 15) is 4.79 Å². The molecule has 0 radical (unpaired) electrons. The number of aromatic nitrogens is 2. The van der Waals surface area contributed by atoms with Crippen LogP contribution in [0.1, 0.15) is 30.1 Å². The SMILES string of the molecule is COc1cc(C(=O)OCc2nnc(-c3ccccc3)o2)ccc1OCC(C)C. The van der Waals surface area contributed by atoms with Gasteiger partial charge in [-0.2, -0.15) is 0 Å². The molecule has 0 saturated heterocycles. The minimum absolute atomic E-state index is 0.118. The molecule has 0 fully saturated rings. The molecule has 7 heteroatoms. The van der Waals surface area contributed by atoms with Gasteiger partial charge in [0, 0.05) is 5.56 Å². The molecule has 0 aliphatic rings. The van der Waals surface area contributed by atoms with Gasteiger partial charge in [0.2, 0.25) is 5.89 Å². The van der Waals surface area contributed by atoms with Crippen molar-refractivity contribution in [2.24, 2.45) is 5.92 Å². The van der Waals surface area contributed by atoms with Crippen LogP contribution < -0.4 is 9.47 Å². The van der Waals surface area contributed by atoms with E-state index in [0.29, 0.717) is 35.5 Å². The van der Waals surface area contributed by atoms with Crippen LogP contribution in [-0.4, -0.2) is 29.9 Å². The smallest absolute Gasteiger partial charge is 0.338 e. The lowest BCUT2D eigenvalue weighted by Crippen LogP contribution is -2.08. The van der Waals surface area contributed by atoms with E-state index < -0.39 is 5.97 Å². The molecule has 0 saturated carbocycles. The molecule has 0 N–H and O–H groups in total. The fourth-order valence-corrected chi connectivity index (χ4v) is 2.39. The lowest BCUT2D eigenvalue weighted by atomic mass is 10.2. The van der Waals surface area contributed by atoms with Gasteiger partial charge in [0.1, 0.15) is 0 Å². The van der Waals surface area contributed by atoms with Gasteiger partial charge in [0.05, 0.1) is 19.3 Å². The van der Waals surface area contributed by atoms with Crippen LogP contribution in [-0.2, 0) is 11.3 Å². The molecule has 0 bridgehead atoms. The molecule has 0 amide bonds. The van der Waals surface area contributed by atoms with Gasteiger partial charge in [-0.1, -0.05) is 32.0 Å². The minimum atomic E-state index is -0.520. The zero-order valence-corrected chi connectivity index (χ0v) is 16.0. The molecular weight excluding hydrogens is 360 g/mol. The molecule has 1 heterocycles. The molecule has 3 rings (SSSR count). The number of esters is 1. The maximum atomic E-state index is 12.3. The largest absolute Gasteiger partial charge is 0.493 e. The van der Waals surface area contributed by atoms with E-state index >= 15 is 0 Å². The van der Waals surface area contributed by atoms with Crippen LogP contribution >= 0.6 is 0 Å². The number of ether oxygens (including phenoxy) is 3. The molecule has 146 valence electrons. The summed E-state index contributed by atoms with van der Waals surface area (Å²) in [5.41, 5.74) is 1.14. The second-order valence-electron chi connectivity index (χ2n) is 6.51. The van der Waals surface area contributed by atoms with Gasteiger partial charge >= 0.3 is 5.97 Å². The first-order chi connectivity index (χ1) is 13.6. The summed E-state index contributed by atoms with van der Waals surface area (Å²) in [5.74, 6) is 1.50. The third kappa shape index (κ3) is 4.88. The van der Waals surface area contributed by atoms with E-state index in [0.717, 1.165) is 5.56 Å². The van der Waals surface area contributed by atoms with E-state index in [1.54, 1.807) is 18.2 Å². The van der Waals surface area contributed by atoms with Crippen molar-refractivity contribution in [3.8, 4) is 23.0 Å². The Labute approximate surface area is 163 Å². The molecule has 28 heavy (non-hydrogen) atoms. The Balaban J connectivity index is 1.62. The van der Waals surface area contributed by atoms with Crippen LogP contribution in [0.4, 0.5) is 0 Å². The van der Waals surface area contributed by atoms with Crippen molar-refractivity contribution in [3.05, 3.63) is 60.0 Å². The zero-order chi connectivity index (χ0) is 19.9. The third-order valence-corrected chi connectivity index (χ3v) is 3.79. The highest BCUT2D eigenvalue weighted by molar-refractivity contribution is 5.90. The monoisotopic (exact) mass is 382 g/mol. The van der Waals surface area contributed by atoms with Crippen molar-refractivity contribution < 1.29 is 23.4 Å². The summed E-state index contributed by atoms with van der Waals surface area (Å²) in [5, 5.41) is 7.87. The second kappa shape index (κ2) is 9.03. The minimum Gasteiger partial charge on any atom is -0.493 e. The van der Waals surface area contributed by atoms with Crippen molar-refractivity contribution >= 4 is 5.97 Å². The molecule has 0 atom stereocenters. The predicted octanol–water partition coefficient (Wildman–Crippen LogP) is 4.14. The molecule has 1 aromatic heterocycles. The highest BCUT2D eigenvalue weighted by Crippen LogP contribution is 2.29. The Kier molecular flexibility index (Phi) is 6.26. The molecule has 0 aliphatic heterocycles. The van der Waals surface area contributed by atoms with Gasteiger partial charge in [0.15, 0.2) is 18.1 Å². The third-order valence-electron chi connectivity index (χ3n) is 3.79. The van der Waals surface area contributed by atoms with Crippen molar-refractivity contribution in [3.63, 3.8) is 0 Å². The van der Waals surface area contributed by atoms with Crippen LogP contribution in [0, 0.1) is 5.92 Å². The molecule has 3 aromatic rings. The van der Waals surface area contributed by atoms with E-state index in [4.69, 9.17) is 18.6 Å². The topological polar surface area (TPSA) is 83.7 Å². The fourth-order valence-electron chi connectivity index (χ4n) is 2.39. The summed E-state index contributed by atoms with van der Waals surface area (Å²) in [7, 11) is 1.52. The number of carbonyl (C=O) groups excluding carboxylic acids is 1. The van der Waals surface area contributed by atoms with Gasteiger partial charge in [-0.05, 0) is 36.2 Å². The number of hydrogen-bond acceptors (Lipinski definition) is 7. The van der Waals surface area contributed by atoms with Crippen molar-refractivity contribution in [1.82, 2.24) is 10.2 Å². The van der Waals surface area contributed by atoms with Gasteiger partial charge in [-0.3, -0.25) is 0 Å². The van der Waals surface area contributed by atoms with Gasteiger partial charge in [0.25, 0.3) is 5.89 Å². The fraction of sp³-hybridized carbons (Fsp3) is 0.286. The second-order valence-corrected chi connectivity index (χ2v) is 6.51. The van der Waals surface area contributed by atoms with Crippen molar-refractivity contribution in [1.29, 1.82) is 0 Å². The van der Waals surface area contributed by atoms with E-state index in [2.05, 4.69) is 24.0 Å². The molecule has 0 aliphatic carbocycles. The number of methoxy groups -OCH3 is 1. The lowest BCUT2D eigenvalue weighted by Gasteiger charge is -2.13. The van der Waals surface area contributed by atoms with Gasteiger partial charge in [-0.15, -0.1) is 10.2 Å². The Bertz CT molecular complexity index is 922. The maximum absolute atomic E-state index is 12.3. The molecule has 7 nitrogen and oxygen atoms in total. The maximum Gasteiger partial charge on any atom is 0.338 e. The normalized spacial score (nSPS) is 10.7. The Morgan fingerprint density at radius 1 is 1.07 bits per heavy atom. The highest BCUT2D eigenvalue weighted by atomic mass is 16.5. The number of benzene rings is 2. The molecular formula is C21H22N2O5. The van der Waals surface area contributed by atoms with Gasteiger partial charge < -0.3 is 18.6 Å². The van der Waals surface area contributed by atoms with E-state index in [1.165, 1.54) is 7.11 Å². The average molecular weight is 382 g/mol. The predicted molar refractivity (Wildman–Crippen MR) is 102 cm³/mol. The van der Waals surface area contributed by atoms with Crippen LogP contribution in [0.25, 0.3) is 11.5 Å². The summed E-state index contributed by atoms with van der Waals surface area (Å²) < 4.78 is 21.8.